The van der Waals surface area contributed by atoms with E-state index in [1.165, 1.54) is 12.1 Å². The van der Waals surface area contributed by atoms with Crippen molar-refractivity contribution >= 4 is 17.3 Å². The Morgan fingerprint density at radius 1 is 1.44 bits per heavy atom. The Morgan fingerprint density at radius 3 is 2.75 bits per heavy atom. The summed E-state index contributed by atoms with van der Waals surface area (Å²) in [6, 6.07) is 4.40. The fourth-order valence-corrected chi connectivity index (χ4v) is 1.51. The minimum atomic E-state index is -0.511. The Kier molecular flexibility index (Phi) is 5.05. The summed E-state index contributed by atoms with van der Waals surface area (Å²) >= 11 is 5.74. The third-order valence-electron chi connectivity index (χ3n) is 2.13. The molecule has 0 N–H and O–H groups in total. The van der Waals surface area contributed by atoms with Crippen molar-refractivity contribution < 1.29 is 9.66 Å². The number of hydrogen-bond donors (Lipinski definition) is 0. The van der Waals surface area contributed by atoms with E-state index in [0.29, 0.717) is 12.4 Å². The monoisotopic (exact) mass is 243 g/mol. The minimum absolute atomic E-state index is 0.0948. The molecule has 0 amide bonds. The number of nitrogens with zero attached hydrogens (tertiary/aromatic N) is 1. The van der Waals surface area contributed by atoms with Gasteiger partial charge in [-0.2, -0.15) is 0 Å². The number of nitro benzene ring substituents is 1. The number of unbranched alkanes of at least 4 members (excludes halogenated alkanes) is 2. The van der Waals surface area contributed by atoms with Gasteiger partial charge in [0.15, 0.2) is 0 Å². The van der Waals surface area contributed by atoms with Gasteiger partial charge in [-0.25, -0.2) is 0 Å². The quantitative estimate of drug-likeness (QED) is 0.434. The van der Waals surface area contributed by atoms with E-state index >= 15 is 0 Å². The first-order chi connectivity index (χ1) is 7.65. The molecular weight excluding hydrogens is 230 g/mol. The van der Waals surface area contributed by atoms with Gasteiger partial charge in [-0.15, -0.1) is 0 Å². The smallest absolute Gasteiger partial charge is 0.288 e. The van der Waals surface area contributed by atoms with Crippen LogP contribution in [-0.4, -0.2) is 11.5 Å². The summed E-state index contributed by atoms with van der Waals surface area (Å²) < 4.78 is 5.42. The first-order valence-corrected chi connectivity index (χ1v) is 5.59. The molecule has 0 aliphatic heterocycles. The number of halogens is 1. The fraction of sp³-hybridized carbons (Fsp3) is 0.455. The number of hydrogen-bond acceptors (Lipinski definition) is 3. The highest BCUT2D eigenvalue weighted by Gasteiger charge is 2.12. The van der Waals surface area contributed by atoms with Crippen molar-refractivity contribution in [3.8, 4) is 5.75 Å². The molecule has 88 valence electrons. The second-order valence-electron chi connectivity index (χ2n) is 3.43. The Balaban J connectivity index is 2.56. The highest BCUT2D eigenvalue weighted by atomic mass is 35.5. The lowest BCUT2D eigenvalue weighted by atomic mass is 10.2. The van der Waals surface area contributed by atoms with E-state index in [-0.39, 0.29) is 10.7 Å². The lowest BCUT2D eigenvalue weighted by Gasteiger charge is -2.05. The van der Waals surface area contributed by atoms with Crippen molar-refractivity contribution in [2.24, 2.45) is 0 Å². The first-order valence-electron chi connectivity index (χ1n) is 5.22. The lowest BCUT2D eigenvalue weighted by molar-refractivity contribution is -0.384. The molecule has 0 atom stereocenters. The van der Waals surface area contributed by atoms with Crippen molar-refractivity contribution in [1.29, 1.82) is 0 Å². The zero-order chi connectivity index (χ0) is 12.0. The molecule has 1 rings (SSSR count). The van der Waals surface area contributed by atoms with Crippen LogP contribution >= 0.6 is 11.6 Å². The molecule has 1 aromatic carbocycles. The number of nitro groups is 1. The predicted octanol–water partition coefficient (Wildman–Crippen LogP) is 3.82. The molecule has 0 spiro atoms. The summed E-state index contributed by atoms with van der Waals surface area (Å²) in [6.07, 6.45) is 3.22. The third kappa shape index (κ3) is 3.70. The molecule has 0 aromatic heterocycles. The van der Waals surface area contributed by atoms with E-state index in [9.17, 15) is 10.1 Å². The summed E-state index contributed by atoms with van der Waals surface area (Å²) in [5, 5.41) is 10.6. The summed E-state index contributed by atoms with van der Waals surface area (Å²) in [7, 11) is 0. The van der Waals surface area contributed by atoms with Gasteiger partial charge >= 0.3 is 0 Å². The van der Waals surface area contributed by atoms with E-state index in [1.807, 2.05) is 0 Å². The van der Waals surface area contributed by atoms with Gasteiger partial charge in [-0.1, -0.05) is 31.4 Å². The van der Waals surface area contributed by atoms with Crippen LogP contribution in [0, 0.1) is 10.1 Å². The Morgan fingerprint density at radius 2 is 2.19 bits per heavy atom. The average molecular weight is 244 g/mol. The summed E-state index contributed by atoms with van der Waals surface area (Å²) in [4.78, 5) is 10.0. The zero-order valence-corrected chi connectivity index (χ0v) is 9.87. The number of rotatable bonds is 6. The third-order valence-corrected chi connectivity index (χ3v) is 2.44. The molecule has 0 unspecified atom stereocenters. The Bertz CT molecular complexity index is 368. The highest BCUT2D eigenvalue weighted by Crippen LogP contribution is 2.28. The lowest BCUT2D eigenvalue weighted by Crippen LogP contribution is -1.97. The van der Waals surface area contributed by atoms with Gasteiger partial charge in [0.05, 0.1) is 11.5 Å². The van der Waals surface area contributed by atoms with Crippen molar-refractivity contribution in [2.75, 3.05) is 6.61 Å². The fourth-order valence-electron chi connectivity index (χ4n) is 1.27. The van der Waals surface area contributed by atoms with Crippen LogP contribution in [0.3, 0.4) is 0 Å². The Labute approximate surface area is 99.3 Å². The van der Waals surface area contributed by atoms with Gasteiger partial charge < -0.3 is 4.74 Å². The predicted molar refractivity (Wildman–Crippen MR) is 63.1 cm³/mol. The van der Waals surface area contributed by atoms with Gasteiger partial charge in [0.1, 0.15) is 10.8 Å². The van der Waals surface area contributed by atoms with Gasteiger partial charge in [0, 0.05) is 12.1 Å². The molecule has 0 radical (unpaired) electrons. The van der Waals surface area contributed by atoms with Gasteiger partial charge in [0.25, 0.3) is 5.69 Å². The zero-order valence-electron chi connectivity index (χ0n) is 9.11. The van der Waals surface area contributed by atoms with Crippen LogP contribution in [0.25, 0.3) is 0 Å². The van der Waals surface area contributed by atoms with E-state index < -0.39 is 4.92 Å². The highest BCUT2D eigenvalue weighted by molar-refractivity contribution is 6.32. The summed E-state index contributed by atoms with van der Waals surface area (Å²) in [5.41, 5.74) is -0.0948. The standard InChI is InChI=1S/C11H14ClNO3/c1-2-3-4-7-16-9-5-6-11(13(14)15)10(12)8-9/h5-6,8H,2-4,7H2,1H3. The Hall–Kier alpha value is -1.29. The maximum atomic E-state index is 10.5. The van der Waals surface area contributed by atoms with Gasteiger partial charge in [0.2, 0.25) is 0 Å². The van der Waals surface area contributed by atoms with E-state index in [2.05, 4.69) is 6.92 Å². The molecular formula is C11H14ClNO3. The van der Waals surface area contributed by atoms with Gasteiger partial charge in [-0.05, 0) is 12.5 Å². The molecule has 0 fully saturated rings. The second kappa shape index (κ2) is 6.33. The number of ether oxygens (including phenoxy) is 1. The summed E-state index contributed by atoms with van der Waals surface area (Å²) in [6.45, 7) is 2.73. The van der Waals surface area contributed by atoms with Crippen molar-refractivity contribution in [3.63, 3.8) is 0 Å². The summed E-state index contributed by atoms with van der Waals surface area (Å²) in [5.74, 6) is 0.576. The van der Waals surface area contributed by atoms with E-state index in [0.717, 1.165) is 19.3 Å². The van der Waals surface area contributed by atoms with Crippen molar-refractivity contribution in [2.45, 2.75) is 26.2 Å². The maximum absolute atomic E-state index is 10.5. The molecule has 16 heavy (non-hydrogen) atoms. The van der Waals surface area contributed by atoms with Crippen LogP contribution < -0.4 is 4.74 Å². The molecule has 0 saturated heterocycles. The van der Waals surface area contributed by atoms with Crippen LogP contribution in [0.2, 0.25) is 5.02 Å². The molecule has 0 aliphatic carbocycles. The van der Waals surface area contributed by atoms with Gasteiger partial charge in [-0.3, -0.25) is 10.1 Å². The maximum Gasteiger partial charge on any atom is 0.288 e. The molecule has 4 nitrogen and oxygen atoms in total. The average Bonchev–Trinajstić information content (AvgIpc) is 2.24. The minimum Gasteiger partial charge on any atom is -0.494 e. The number of benzene rings is 1. The SMILES string of the molecule is CCCCCOc1ccc([N+](=O)[O-])c(Cl)c1. The first kappa shape index (κ1) is 12.8. The second-order valence-corrected chi connectivity index (χ2v) is 3.83. The van der Waals surface area contributed by atoms with E-state index in [4.69, 9.17) is 16.3 Å². The molecule has 0 saturated carbocycles. The van der Waals surface area contributed by atoms with E-state index in [1.54, 1.807) is 6.07 Å². The van der Waals surface area contributed by atoms with Crippen LogP contribution in [0.4, 0.5) is 5.69 Å². The van der Waals surface area contributed by atoms with Crippen LogP contribution in [0.15, 0.2) is 18.2 Å². The van der Waals surface area contributed by atoms with Crippen LogP contribution in [-0.2, 0) is 0 Å². The van der Waals surface area contributed by atoms with Crippen molar-refractivity contribution in [1.82, 2.24) is 0 Å². The molecule has 5 heteroatoms. The molecule has 1 aromatic rings. The van der Waals surface area contributed by atoms with Crippen molar-refractivity contribution in [3.05, 3.63) is 33.3 Å². The van der Waals surface area contributed by atoms with Crippen LogP contribution in [0.5, 0.6) is 5.75 Å². The normalized spacial score (nSPS) is 10.1. The molecule has 0 heterocycles. The van der Waals surface area contributed by atoms with Crippen LogP contribution in [0.1, 0.15) is 26.2 Å². The molecule has 0 aliphatic rings. The molecule has 0 bridgehead atoms. The topological polar surface area (TPSA) is 52.4 Å². The largest absolute Gasteiger partial charge is 0.494 e.